The van der Waals surface area contributed by atoms with Gasteiger partial charge in [-0.05, 0) is 29.5 Å². The highest BCUT2D eigenvalue weighted by Crippen LogP contribution is 2.18. The number of amides is 2. The zero-order chi connectivity index (χ0) is 20.8. The van der Waals surface area contributed by atoms with Gasteiger partial charge in [-0.1, -0.05) is 56.3 Å². The fourth-order valence-electron chi connectivity index (χ4n) is 3.57. The monoisotopic (exact) mass is 395 g/mol. The molecule has 0 saturated heterocycles. The van der Waals surface area contributed by atoms with E-state index in [0.29, 0.717) is 19.5 Å². The molecule has 0 bridgehead atoms. The van der Waals surface area contributed by atoms with Crippen LogP contribution in [0.15, 0.2) is 48.5 Å². The minimum atomic E-state index is -0.601. The quantitative estimate of drug-likeness (QED) is 0.671. The lowest BCUT2D eigenvalue weighted by Gasteiger charge is -2.28. The van der Waals surface area contributed by atoms with E-state index in [9.17, 15) is 9.59 Å². The number of fused-ring (bicyclic) bond motifs is 1. The SMILES string of the molecule is COc1ccccc1CNC(=O)C(NC(=O)C1Cc2ccccc2CN1)C(C)C. The largest absolute Gasteiger partial charge is 0.496 e. The van der Waals surface area contributed by atoms with Gasteiger partial charge in [0.1, 0.15) is 11.8 Å². The number of para-hydroxylation sites is 1. The number of rotatable bonds is 7. The second-order valence-corrected chi connectivity index (χ2v) is 7.67. The van der Waals surface area contributed by atoms with Crippen molar-refractivity contribution >= 4 is 11.8 Å². The van der Waals surface area contributed by atoms with Gasteiger partial charge in [0.25, 0.3) is 0 Å². The molecule has 2 unspecified atom stereocenters. The molecular formula is C23H29N3O3. The van der Waals surface area contributed by atoms with Crippen molar-refractivity contribution in [3.63, 3.8) is 0 Å². The molecule has 0 saturated carbocycles. The molecule has 1 aliphatic rings. The zero-order valence-corrected chi connectivity index (χ0v) is 17.2. The maximum atomic E-state index is 12.8. The van der Waals surface area contributed by atoms with E-state index in [1.165, 1.54) is 11.1 Å². The molecule has 0 radical (unpaired) electrons. The first-order valence-corrected chi connectivity index (χ1v) is 9.99. The van der Waals surface area contributed by atoms with Crippen molar-refractivity contribution in [1.82, 2.24) is 16.0 Å². The summed E-state index contributed by atoms with van der Waals surface area (Å²) < 4.78 is 5.33. The van der Waals surface area contributed by atoms with Gasteiger partial charge in [0.2, 0.25) is 11.8 Å². The number of ether oxygens (including phenoxy) is 1. The summed E-state index contributed by atoms with van der Waals surface area (Å²) in [4.78, 5) is 25.6. The topological polar surface area (TPSA) is 79.5 Å². The first-order valence-electron chi connectivity index (χ1n) is 9.99. The number of nitrogens with one attached hydrogen (secondary N) is 3. The van der Waals surface area contributed by atoms with Crippen LogP contribution in [0.25, 0.3) is 0 Å². The second-order valence-electron chi connectivity index (χ2n) is 7.67. The minimum Gasteiger partial charge on any atom is -0.496 e. The van der Waals surface area contributed by atoms with E-state index in [4.69, 9.17) is 4.74 Å². The molecular weight excluding hydrogens is 366 g/mol. The molecule has 29 heavy (non-hydrogen) atoms. The molecule has 2 aromatic rings. The molecule has 0 aliphatic carbocycles. The van der Waals surface area contributed by atoms with Crippen molar-refractivity contribution < 1.29 is 14.3 Å². The molecule has 3 rings (SSSR count). The van der Waals surface area contributed by atoms with Gasteiger partial charge in [0.15, 0.2) is 0 Å². The van der Waals surface area contributed by atoms with E-state index in [1.807, 2.05) is 50.2 Å². The smallest absolute Gasteiger partial charge is 0.243 e. The van der Waals surface area contributed by atoms with Crippen molar-refractivity contribution in [3.8, 4) is 5.75 Å². The van der Waals surface area contributed by atoms with E-state index < -0.39 is 6.04 Å². The van der Waals surface area contributed by atoms with E-state index in [-0.39, 0.29) is 23.8 Å². The van der Waals surface area contributed by atoms with Crippen molar-refractivity contribution in [2.45, 2.75) is 45.4 Å². The lowest BCUT2D eigenvalue weighted by molar-refractivity contribution is -0.131. The van der Waals surface area contributed by atoms with Crippen LogP contribution in [0.3, 0.4) is 0 Å². The minimum absolute atomic E-state index is 0.0347. The maximum absolute atomic E-state index is 12.8. The maximum Gasteiger partial charge on any atom is 0.243 e. The summed E-state index contributed by atoms with van der Waals surface area (Å²) in [5, 5.41) is 9.13. The highest BCUT2D eigenvalue weighted by atomic mass is 16.5. The molecule has 0 aromatic heterocycles. The molecule has 1 aliphatic heterocycles. The van der Waals surface area contributed by atoms with Crippen molar-refractivity contribution in [2.75, 3.05) is 7.11 Å². The fourth-order valence-corrected chi connectivity index (χ4v) is 3.57. The molecule has 6 nitrogen and oxygen atoms in total. The number of hydrogen-bond donors (Lipinski definition) is 3. The molecule has 1 heterocycles. The Balaban J connectivity index is 1.61. The lowest BCUT2D eigenvalue weighted by atomic mass is 9.94. The lowest BCUT2D eigenvalue weighted by Crippen LogP contribution is -2.55. The van der Waals surface area contributed by atoms with Gasteiger partial charge in [-0.15, -0.1) is 0 Å². The summed E-state index contributed by atoms with van der Waals surface area (Å²) in [6.45, 7) is 4.85. The molecule has 2 aromatic carbocycles. The predicted octanol–water partition coefficient (Wildman–Crippen LogP) is 2.17. The number of carbonyl (C=O) groups is 2. The predicted molar refractivity (Wildman–Crippen MR) is 112 cm³/mol. The summed E-state index contributed by atoms with van der Waals surface area (Å²) >= 11 is 0. The summed E-state index contributed by atoms with van der Waals surface area (Å²) in [5.41, 5.74) is 3.28. The van der Waals surface area contributed by atoms with Crippen LogP contribution in [-0.4, -0.2) is 31.0 Å². The zero-order valence-electron chi connectivity index (χ0n) is 17.2. The third-order valence-corrected chi connectivity index (χ3v) is 5.29. The Morgan fingerprint density at radius 2 is 1.79 bits per heavy atom. The highest BCUT2D eigenvalue weighted by Gasteiger charge is 2.29. The molecule has 2 atom stereocenters. The van der Waals surface area contributed by atoms with Gasteiger partial charge in [0.05, 0.1) is 13.2 Å². The Morgan fingerprint density at radius 3 is 2.52 bits per heavy atom. The standard InChI is InChI=1S/C23H29N3O3/c1-15(2)21(23(28)25-14-18-10-6-7-11-20(18)29-3)26-22(27)19-12-16-8-4-5-9-17(16)13-24-19/h4-11,15,19,21,24H,12-14H2,1-3H3,(H,25,28)(H,26,27). The first kappa shape index (κ1) is 20.9. The Bertz CT molecular complexity index is 866. The summed E-state index contributed by atoms with van der Waals surface area (Å²) in [5.74, 6) is 0.344. The Kier molecular flexibility index (Phi) is 6.88. The van der Waals surface area contributed by atoms with Gasteiger partial charge in [-0.2, -0.15) is 0 Å². The Morgan fingerprint density at radius 1 is 1.10 bits per heavy atom. The summed E-state index contributed by atoms with van der Waals surface area (Å²) in [6.07, 6.45) is 0.621. The van der Waals surface area contributed by atoms with Gasteiger partial charge in [-0.3, -0.25) is 9.59 Å². The van der Waals surface area contributed by atoms with Crippen LogP contribution in [0, 0.1) is 5.92 Å². The average Bonchev–Trinajstić information content (AvgIpc) is 2.75. The van der Waals surface area contributed by atoms with E-state index in [1.54, 1.807) is 7.11 Å². The second kappa shape index (κ2) is 9.56. The average molecular weight is 396 g/mol. The molecule has 6 heteroatoms. The van der Waals surface area contributed by atoms with Crippen LogP contribution in [-0.2, 0) is 29.1 Å². The number of carbonyl (C=O) groups excluding carboxylic acids is 2. The van der Waals surface area contributed by atoms with Gasteiger partial charge >= 0.3 is 0 Å². The molecule has 0 spiro atoms. The number of methoxy groups -OCH3 is 1. The summed E-state index contributed by atoms with van der Waals surface area (Å²) in [7, 11) is 1.60. The Hall–Kier alpha value is -2.86. The molecule has 0 fully saturated rings. The first-order chi connectivity index (χ1) is 14.0. The third kappa shape index (κ3) is 5.15. The summed E-state index contributed by atoms with van der Waals surface area (Å²) in [6, 6.07) is 14.7. The van der Waals surface area contributed by atoms with Crippen molar-refractivity contribution in [3.05, 3.63) is 65.2 Å². The molecule has 2 amide bonds. The van der Waals surface area contributed by atoms with E-state index in [0.717, 1.165) is 11.3 Å². The van der Waals surface area contributed by atoms with Crippen LogP contribution in [0.2, 0.25) is 0 Å². The van der Waals surface area contributed by atoms with E-state index in [2.05, 4.69) is 28.1 Å². The van der Waals surface area contributed by atoms with Crippen LogP contribution in [0.5, 0.6) is 5.75 Å². The van der Waals surface area contributed by atoms with Gasteiger partial charge in [0, 0.05) is 18.7 Å². The third-order valence-electron chi connectivity index (χ3n) is 5.29. The van der Waals surface area contributed by atoms with E-state index >= 15 is 0 Å². The van der Waals surface area contributed by atoms with Crippen LogP contribution < -0.4 is 20.7 Å². The molecule has 3 N–H and O–H groups in total. The number of hydrogen-bond acceptors (Lipinski definition) is 4. The van der Waals surface area contributed by atoms with Crippen LogP contribution in [0.1, 0.15) is 30.5 Å². The van der Waals surface area contributed by atoms with Crippen molar-refractivity contribution in [1.29, 1.82) is 0 Å². The van der Waals surface area contributed by atoms with Crippen molar-refractivity contribution in [2.24, 2.45) is 5.92 Å². The normalized spacial score (nSPS) is 16.6. The fraction of sp³-hybridized carbons (Fsp3) is 0.391. The van der Waals surface area contributed by atoms with Crippen LogP contribution >= 0.6 is 0 Å². The number of benzene rings is 2. The Labute approximate surface area is 172 Å². The van der Waals surface area contributed by atoms with Gasteiger partial charge < -0.3 is 20.7 Å². The molecule has 154 valence electrons. The van der Waals surface area contributed by atoms with Gasteiger partial charge in [-0.25, -0.2) is 0 Å². The highest BCUT2D eigenvalue weighted by molar-refractivity contribution is 5.90. The van der Waals surface area contributed by atoms with Crippen LogP contribution in [0.4, 0.5) is 0 Å².